The van der Waals surface area contributed by atoms with Gasteiger partial charge in [0.25, 0.3) is 0 Å². The zero-order chi connectivity index (χ0) is 22.0. The Morgan fingerprint density at radius 2 is 1.53 bits per heavy atom. The molecule has 0 saturated heterocycles. The third kappa shape index (κ3) is 3.83. The van der Waals surface area contributed by atoms with Crippen molar-refractivity contribution in [2.24, 2.45) is 0 Å². The molecular weight excluding hydrogens is 382 g/mol. The predicted molar refractivity (Wildman–Crippen MR) is 116 cm³/mol. The highest BCUT2D eigenvalue weighted by molar-refractivity contribution is 6.14. The Balaban J connectivity index is 2.17. The molecule has 30 heavy (non-hydrogen) atoms. The molecule has 3 aromatic rings. The summed E-state index contributed by atoms with van der Waals surface area (Å²) < 4.78 is 5.45. The number of carbonyl (C=O) groups excluding carboxylic acids is 1. The van der Waals surface area contributed by atoms with Gasteiger partial charge in [0.05, 0.1) is 23.7 Å². The number of hydrogen-bond donors (Lipinski definition) is 1. The van der Waals surface area contributed by atoms with Crippen LogP contribution in [0.1, 0.15) is 51.5 Å². The molecule has 0 radical (unpaired) electrons. The van der Waals surface area contributed by atoms with E-state index in [9.17, 15) is 14.7 Å². The van der Waals surface area contributed by atoms with Crippen molar-refractivity contribution in [3.8, 4) is 5.75 Å². The standard InChI is InChI=1S/C23H25N3O4/c1-6-26(7-2)15-8-9-16(19(12-15)30-5)22(27)20-21(23(28)29)25-18-11-14(4)13(3)10-17(18)24-20/h8-12H,6-7H2,1-5H3,(H,28,29). The molecule has 0 spiro atoms. The van der Waals surface area contributed by atoms with Crippen LogP contribution in [-0.4, -0.2) is 47.0 Å². The lowest BCUT2D eigenvalue weighted by Gasteiger charge is -2.22. The first-order valence-corrected chi connectivity index (χ1v) is 9.80. The highest BCUT2D eigenvalue weighted by Gasteiger charge is 2.25. The molecule has 0 fully saturated rings. The maximum Gasteiger partial charge on any atom is 0.356 e. The topological polar surface area (TPSA) is 92.6 Å². The first kappa shape index (κ1) is 21.2. The number of anilines is 1. The van der Waals surface area contributed by atoms with Gasteiger partial charge in [-0.2, -0.15) is 0 Å². The van der Waals surface area contributed by atoms with E-state index in [1.165, 1.54) is 7.11 Å². The van der Waals surface area contributed by atoms with Gasteiger partial charge in [-0.05, 0) is 63.1 Å². The molecule has 0 unspecified atom stereocenters. The Labute approximate surface area is 175 Å². The van der Waals surface area contributed by atoms with Gasteiger partial charge in [-0.25, -0.2) is 14.8 Å². The Kier molecular flexibility index (Phi) is 6.01. The number of aryl methyl sites for hydroxylation is 2. The third-order valence-corrected chi connectivity index (χ3v) is 5.26. The zero-order valence-electron chi connectivity index (χ0n) is 17.8. The van der Waals surface area contributed by atoms with Crippen molar-refractivity contribution in [3.05, 3.63) is 58.4 Å². The van der Waals surface area contributed by atoms with Crippen LogP contribution in [0.3, 0.4) is 0 Å². The number of ketones is 1. The van der Waals surface area contributed by atoms with Crippen LogP contribution in [0.2, 0.25) is 0 Å². The molecule has 0 atom stereocenters. The van der Waals surface area contributed by atoms with E-state index in [-0.39, 0.29) is 17.0 Å². The first-order chi connectivity index (χ1) is 14.3. The summed E-state index contributed by atoms with van der Waals surface area (Å²) in [5.74, 6) is -1.48. The molecule has 1 aromatic heterocycles. The monoisotopic (exact) mass is 407 g/mol. The average Bonchev–Trinajstić information content (AvgIpc) is 2.74. The van der Waals surface area contributed by atoms with Crippen LogP contribution in [0.4, 0.5) is 5.69 Å². The third-order valence-electron chi connectivity index (χ3n) is 5.26. The summed E-state index contributed by atoms with van der Waals surface area (Å²) in [5.41, 5.74) is 3.47. The van der Waals surface area contributed by atoms with Crippen LogP contribution in [0.15, 0.2) is 30.3 Å². The number of carbonyl (C=O) groups is 2. The molecule has 0 bridgehead atoms. The summed E-state index contributed by atoms with van der Waals surface area (Å²) in [4.78, 5) is 35.9. The van der Waals surface area contributed by atoms with Crippen molar-refractivity contribution < 1.29 is 19.4 Å². The number of hydrogen-bond acceptors (Lipinski definition) is 6. The maximum absolute atomic E-state index is 13.3. The summed E-state index contributed by atoms with van der Waals surface area (Å²) >= 11 is 0. The second-order valence-electron chi connectivity index (χ2n) is 7.04. The van der Waals surface area contributed by atoms with Crippen LogP contribution in [0.5, 0.6) is 5.75 Å². The lowest BCUT2D eigenvalue weighted by Crippen LogP contribution is -2.22. The number of rotatable bonds is 7. The number of carboxylic acids is 1. The minimum absolute atomic E-state index is 0.202. The van der Waals surface area contributed by atoms with Crippen LogP contribution in [0.25, 0.3) is 11.0 Å². The van der Waals surface area contributed by atoms with E-state index in [2.05, 4.69) is 14.9 Å². The van der Waals surface area contributed by atoms with E-state index < -0.39 is 11.8 Å². The lowest BCUT2D eigenvalue weighted by molar-refractivity contribution is 0.0685. The Hall–Kier alpha value is -3.48. The minimum atomic E-state index is -1.30. The molecule has 7 heteroatoms. The molecule has 2 aromatic carbocycles. The van der Waals surface area contributed by atoms with Gasteiger partial charge in [-0.15, -0.1) is 0 Å². The molecule has 7 nitrogen and oxygen atoms in total. The Morgan fingerprint density at radius 1 is 0.967 bits per heavy atom. The van der Waals surface area contributed by atoms with Gasteiger partial charge in [-0.3, -0.25) is 4.79 Å². The smallest absolute Gasteiger partial charge is 0.356 e. The Bertz CT molecular complexity index is 1140. The van der Waals surface area contributed by atoms with E-state index in [0.717, 1.165) is 29.9 Å². The number of benzene rings is 2. The van der Waals surface area contributed by atoms with E-state index >= 15 is 0 Å². The number of aromatic carboxylic acids is 1. The van der Waals surface area contributed by atoms with Crippen molar-refractivity contribution in [1.82, 2.24) is 9.97 Å². The predicted octanol–water partition coefficient (Wildman–Crippen LogP) is 4.03. The minimum Gasteiger partial charge on any atom is -0.496 e. The molecule has 0 saturated carbocycles. The fraction of sp³-hybridized carbons (Fsp3) is 0.304. The number of fused-ring (bicyclic) bond motifs is 1. The molecule has 0 aliphatic heterocycles. The molecule has 1 heterocycles. The maximum atomic E-state index is 13.3. The van der Waals surface area contributed by atoms with E-state index in [1.807, 2.05) is 33.8 Å². The van der Waals surface area contributed by atoms with Crippen LogP contribution >= 0.6 is 0 Å². The van der Waals surface area contributed by atoms with Gasteiger partial charge in [0, 0.05) is 24.8 Å². The van der Waals surface area contributed by atoms with Crippen LogP contribution in [-0.2, 0) is 0 Å². The fourth-order valence-corrected chi connectivity index (χ4v) is 3.40. The van der Waals surface area contributed by atoms with Gasteiger partial charge >= 0.3 is 5.97 Å². The zero-order valence-corrected chi connectivity index (χ0v) is 17.8. The number of carboxylic acid groups (broad SMARTS) is 1. The van der Waals surface area contributed by atoms with Crippen LogP contribution in [0, 0.1) is 13.8 Å². The SMILES string of the molecule is CCN(CC)c1ccc(C(=O)c2nc3cc(C)c(C)cc3nc2C(=O)O)c(OC)c1. The summed E-state index contributed by atoms with van der Waals surface area (Å²) in [6, 6.07) is 8.83. The number of methoxy groups -OCH3 is 1. The van der Waals surface area contributed by atoms with E-state index in [1.54, 1.807) is 24.3 Å². The van der Waals surface area contributed by atoms with Crippen molar-refractivity contribution in [2.75, 3.05) is 25.1 Å². The van der Waals surface area contributed by atoms with E-state index in [0.29, 0.717) is 16.8 Å². The number of nitrogens with zero attached hydrogens (tertiary/aromatic N) is 3. The van der Waals surface area contributed by atoms with Crippen molar-refractivity contribution >= 4 is 28.5 Å². The summed E-state index contributed by atoms with van der Waals surface area (Å²) in [6.45, 7) is 9.55. The van der Waals surface area contributed by atoms with Crippen LogP contribution < -0.4 is 9.64 Å². The molecule has 1 N–H and O–H groups in total. The largest absolute Gasteiger partial charge is 0.496 e. The molecule has 0 aliphatic rings. The molecule has 0 aliphatic carbocycles. The van der Waals surface area contributed by atoms with Gasteiger partial charge in [0.15, 0.2) is 5.69 Å². The molecule has 0 amide bonds. The van der Waals surface area contributed by atoms with Gasteiger partial charge in [0.2, 0.25) is 5.78 Å². The average molecular weight is 407 g/mol. The van der Waals surface area contributed by atoms with E-state index in [4.69, 9.17) is 4.74 Å². The van der Waals surface area contributed by atoms with Crippen molar-refractivity contribution in [2.45, 2.75) is 27.7 Å². The quantitative estimate of drug-likeness (QED) is 0.591. The highest BCUT2D eigenvalue weighted by atomic mass is 16.5. The number of ether oxygens (including phenoxy) is 1. The fourth-order valence-electron chi connectivity index (χ4n) is 3.40. The Morgan fingerprint density at radius 3 is 2.03 bits per heavy atom. The highest BCUT2D eigenvalue weighted by Crippen LogP contribution is 2.29. The van der Waals surface area contributed by atoms with Crippen molar-refractivity contribution in [3.63, 3.8) is 0 Å². The summed E-state index contributed by atoms with van der Waals surface area (Å²) in [7, 11) is 1.48. The summed E-state index contributed by atoms with van der Waals surface area (Å²) in [5, 5.41) is 9.66. The summed E-state index contributed by atoms with van der Waals surface area (Å²) in [6.07, 6.45) is 0. The molecular formula is C23H25N3O4. The van der Waals surface area contributed by atoms with Gasteiger partial charge < -0.3 is 14.7 Å². The van der Waals surface area contributed by atoms with Gasteiger partial charge in [0.1, 0.15) is 11.4 Å². The van der Waals surface area contributed by atoms with Crippen molar-refractivity contribution in [1.29, 1.82) is 0 Å². The lowest BCUT2D eigenvalue weighted by atomic mass is 10.0. The second kappa shape index (κ2) is 8.49. The molecule has 3 rings (SSSR count). The second-order valence-corrected chi connectivity index (χ2v) is 7.04. The van der Waals surface area contributed by atoms with Gasteiger partial charge in [-0.1, -0.05) is 0 Å². The molecule has 156 valence electrons. The first-order valence-electron chi connectivity index (χ1n) is 9.80. The number of aromatic nitrogens is 2. The normalized spacial score (nSPS) is 10.8.